The second-order valence-electron chi connectivity index (χ2n) is 10.6. The van der Waals surface area contributed by atoms with Crippen molar-refractivity contribution < 1.29 is 22.7 Å². The predicted octanol–water partition coefficient (Wildman–Crippen LogP) is 5.09. The van der Waals surface area contributed by atoms with E-state index in [0.29, 0.717) is 24.6 Å². The second-order valence-corrected chi connectivity index (χ2v) is 12.4. The molecule has 0 fully saturated rings. The second kappa shape index (κ2) is 14.2. The molecule has 0 saturated carbocycles. The summed E-state index contributed by atoms with van der Waals surface area (Å²) >= 11 is 0. The molecule has 1 unspecified atom stereocenters. The minimum atomic E-state index is -4.14. The molecule has 9 heteroatoms. The molecule has 0 aliphatic rings. The van der Waals surface area contributed by atoms with Crippen LogP contribution in [0.4, 0.5) is 5.69 Å². The fourth-order valence-electron chi connectivity index (χ4n) is 4.17. The Hall–Kier alpha value is -3.85. The first-order valence-corrected chi connectivity index (χ1v) is 15.3. The number of carbonyl (C=O) groups excluding carboxylic acids is 2. The van der Waals surface area contributed by atoms with Gasteiger partial charge in [-0.25, -0.2) is 8.42 Å². The van der Waals surface area contributed by atoms with E-state index in [1.54, 1.807) is 43.3 Å². The van der Waals surface area contributed by atoms with E-state index in [4.69, 9.17) is 4.74 Å². The molecule has 41 heavy (non-hydrogen) atoms. The molecule has 0 bridgehead atoms. The average Bonchev–Trinajstić information content (AvgIpc) is 2.94. The van der Waals surface area contributed by atoms with Gasteiger partial charge in [-0.1, -0.05) is 61.4 Å². The van der Waals surface area contributed by atoms with Crippen LogP contribution in [0.15, 0.2) is 77.7 Å². The molecule has 0 aliphatic carbocycles. The van der Waals surface area contributed by atoms with Crippen LogP contribution in [-0.2, 0) is 26.2 Å². The lowest BCUT2D eigenvalue weighted by molar-refractivity contribution is -0.139. The molecule has 0 saturated heterocycles. The predicted molar refractivity (Wildman–Crippen MR) is 162 cm³/mol. The number of rotatable bonds is 13. The van der Waals surface area contributed by atoms with Crippen molar-refractivity contribution in [3.63, 3.8) is 0 Å². The molecule has 3 aromatic carbocycles. The maximum atomic E-state index is 14.0. The molecule has 2 amide bonds. The number of hydrogen-bond donors (Lipinski definition) is 1. The van der Waals surface area contributed by atoms with Crippen molar-refractivity contribution >= 4 is 27.5 Å². The quantitative estimate of drug-likeness (QED) is 0.305. The summed E-state index contributed by atoms with van der Waals surface area (Å²) in [7, 11) is -4.14. The van der Waals surface area contributed by atoms with Gasteiger partial charge in [-0.15, -0.1) is 0 Å². The van der Waals surface area contributed by atoms with Crippen LogP contribution in [0.3, 0.4) is 0 Å². The average molecular weight is 580 g/mol. The van der Waals surface area contributed by atoms with E-state index in [1.807, 2.05) is 58.9 Å². The Kier molecular flexibility index (Phi) is 10.9. The fraction of sp³-hybridized carbons (Fsp3) is 0.375. The highest BCUT2D eigenvalue weighted by atomic mass is 32.2. The largest absolute Gasteiger partial charge is 0.494 e. The minimum Gasteiger partial charge on any atom is -0.494 e. The van der Waals surface area contributed by atoms with E-state index in [2.05, 4.69) is 5.32 Å². The molecule has 220 valence electrons. The first kappa shape index (κ1) is 31.7. The van der Waals surface area contributed by atoms with Gasteiger partial charge in [-0.05, 0) is 75.6 Å². The number of aryl methyl sites for hydroxylation is 2. The van der Waals surface area contributed by atoms with Crippen LogP contribution in [0.5, 0.6) is 5.75 Å². The van der Waals surface area contributed by atoms with E-state index >= 15 is 0 Å². The molecule has 3 rings (SSSR count). The Labute approximate surface area is 244 Å². The van der Waals surface area contributed by atoms with Crippen molar-refractivity contribution in [2.24, 2.45) is 5.92 Å². The summed E-state index contributed by atoms with van der Waals surface area (Å²) in [6, 6.07) is 20.0. The summed E-state index contributed by atoms with van der Waals surface area (Å²) in [6.07, 6.45) is 0. The van der Waals surface area contributed by atoms with Crippen LogP contribution in [0.2, 0.25) is 0 Å². The van der Waals surface area contributed by atoms with Gasteiger partial charge in [0.25, 0.3) is 10.0 Å². The van der Waals surface area contributed by atoms with Crippen LogP contribution >= 0.6 is 0 Å². The van der Waals surface area contributed by atoms with Crippen molar-refractivity contribution in [2.45, 2.75) is 59.0 Å². The number of sulfonamides is 1. The minimum absolute atomic E-state index is 0.0298. The number of anilines is 1. The van der Waals surface area contributed by atoms with Gasteiger partial charge in [0.2, 0.25) is 11.8 Å². The van der Waals surface area contributed by atoms with Gasteiger partial charge in [-0.3, -0.25) is 13.9 Å². The third-order valence-corrected chi connectivity index (χ3v) is 8.44. The SMILES string of the molecule is CCOc1ccc(S(=O)(=O)N(CC(=O)N(Cc2ccc(C)cc2)C(C)C(=O)NCC(C)C)c2ccc(C)cc2)cc1. The van der Waals surface area contributed by atoms with Gasteiger partial charge in [0.05, 0.1) is 17.2 Å². The summed E-state index contributed by atoms with van der Waals surface area (Å²) in [5.74, 6) is 0.00174. The van der Waals surface area contributed by atoms with Crippen molar-refractivity contribution in [1.29, 1.82) is 0 Å². The number of nitrogens with zero attached hydrogens (tertiary/aromatic N) is 2. The van der Waals surface area contributed by atoms with Crippen molar-refractivity contribution in [2.75, 3.05) is 24.0 Å². The number of amides is 2. The van der Waals surface area contributed by atoms with Crippen molar-refractivity contribution in [1.82, 2.24) is 10.2 Å². The molecule has 0 radical (unpaired) electrons. The van der Waals surface area contributed by atoms with Gasteiger partial charge >= 0.3 is 0 Å². The highest BCUT2D eigenvalue weighted by Crippen LogP contribution is 2.26. The molecule has 1 N–H and O–H groups in total. The van der Waals surface area contributed by atoms with E-state index in [-0.39, 0.29) is 23.3 Å². The Morgan fingerprint density at radius 2 is 1.41 bits per heavy atom. The van der Waals surface area contributed by atoms with Gasteiger partial charge < -0.3 is 15.0 Å². The smallest absolute Gasteiger partial charge is 0.264 e. The van der Waals surface area contributed by atoms with Crippen LogP contribution in [-0.4, -0.2) is 50.9 Å². The van der Waals surface area contributed by atoms with Crippen LogP contribution in [0.25, 0.3) is 0 Å². The van der Waals surface area contributed by atoms with Crippen molar-refractivity contribution in [3.8, 4) is 5.75 Å². The Morgan fingerprint density at radius 1 is 0.854 bits per heavy atom. The zero-order chi connectivity index (χ0) is 30.2. The molecular formula is C32H41N3O5S. The van der Waals surface area contributed by atoms with Crippen LogP contribution < -0.4 is 14.4 Å². The maximum absolute atomic E-state index is 14.0. The van der Waals surface area contributed by atoms with E-state index in [1.165, 1.54) is 17.0 Å². The maximum Gasteiger partial charge on any atom is 0.264 e. The molecule has 0 aromatic heterocycles. The van der Waals surface area contributed by atoms with Gasteiger partial charge in [0, 0.05) is 13.1 Å². The molecule has 1 atom stereocenters. The number of benzene rings is 3. The summed E-state index contributed by atoms with van der Waals surface area (Å²) in [4.78, 5) is 28.5. The molecule has 8 nitrogen and oxygen atoms in total. The van der Waals surface area contributed by atoms with Gasteiger partial charge in [-0.2, -0.15) is 0 Å². The lowest BCUT2D eigenvalue weighted by Gasteiger charge is -2.32. The molecule has 3 aromatic rings. The Balaban J connectivity index is 1.99. The van der Waals surface area contributed by atoms with E-state index < -0.39 is 28.5 Å². The topological polar surface area (TPSA) is 96.0 Å². The van der Waals surface area contributed by atoms with Crippen LogP contribution in [0.1, 0.15) is 44.4 Å². The third kappa shape index (κ3) is 8.57. The molecule has 0 heterocycles. The molecule has 0 aliphatic heterocycles. The van der Waals surface area contributed by atoms with Gasteiger partial charge in [0.1, 0.15) is 18.3 Å². The van der Waals surface area contributed by atoms with E-state index in [9.17, 15) is 18.0 Å². The lowest BCUT2D eigenvalue weighted by Crippen LogP contribution is -2.51. The number of hydrogen-bond acceptors (Lipinski definition) is 5. The summed E-state index contributed by atoms with van der Waals surface area (Å²) in [5.41, 5.74) is 3.21. The first-order chi connectivity index (χ1) is 19.4. The standard InChI is InChI=1S/C32H41N3O5S/c1-7-40-29-16-18-30(19-17-29)41(38,39)35(28-14-10-25(5)11-15-28)22-31(36)34(21-27-12-8-24(4)9-13-27)26(6)32(37)33-20-23(2)3/h8-19,23,26H,7,20-22H2,1-6H3,(H,33,37). The highest BCUT2D eigenvalue weighted by Gasteiger charge is 2.32. The van der Waals surface area contributed by atoms with Gasteiger partial charge in [0.15, 0.2) is 0 Å². The normalized spacial score (nSPS) is 12.1. The first-order valence-electron chi connectivity index (χ1n) is 13.9. The fourth-order valence-corrected chi connectivity index (χ4v) is 5.58. The van der Waals surface area contributed by atoms with E-state index in [0.717, 1.165) is 21.0 Å². The Bertz CT molecular complexity index is 1400. The lowest BCUT2D eigenvalue weighted by atomic mass is 10.1. The number of ether oxygens (including phenoxy) is 1. The highest BCUT2D eigenvalue weighted by molar-refractivity contribution is 7.92. The number of nitrogens with one attached hydrogen (secondary N) is 1. The summed E-state index contributed by atoms with van der Waals surface area (Å²) in [5, 5.41) is 2.90. The zero-order valence-electron chi connectivity index (χ0n) is 24.8. The van der Waals surface area contributed by atoms with Crippen molar-refractivity contribution in [3.05, 3.63) is 89.5 Å². The monoisotopic (exact) mass is 579 g/mol. The summed E-state index contributed by atoms with van der Waals surface area (Å²) in [6.45, 7) is 12.0. The molecular weight excluding hydrogens is 538 g/mol. The number of carbonyl (C=O) groups is 2. The zero-order valence-corrected chi connectivity index (χ0v) is 25.6. The molecule has 0 spiro atoms. The summed E-state index contributed by atoms with van der Waals surface area (Å²) < 4.78 is 34.5. The Morgan fingerprint density at radius 3 is 1.95 bits per heavy atom. The third-order valence-electron chi connectivity index (χ3n) is 6.65. The van der Waals surface area contributed by atoms with Crippen LogP contribution in [0, 0.1) is 19.8 Å².